The van der Waals surface area contributed by atoms with Crippen LogP contribution in [0.15, 0.2) is 12.1 Å². The fourth-order valence-corrected chi connectivity index (χ4v) is 3.76. The second kappa shape index (κ2) is 4.86. The van der Waals surface area contributed by atoms with Crippen molar-refractivity contribution in [1.82, 2.24) is 0 Å². The van der Waals surface area contributed by atoms with Crippen molar-refractivity contribution >= 4 is 22.9 Å². The van der Waals surface area contributed by atoms with Crippen LogP contribution in [0.3, 0.4) is 0 Å². The van der Waals surface area contributed by atoms with Crippen LogP contribution >= 0.6 is 22.9 Å². The fourth-order valence-electron chi connectivity index (χ4n) is 2.51. The Hall–Kier alpha value is -0.0500. The molecule has 1 heterocycles. The van der Waals surface area contributed by atoms with Crippen molar-refractivity contribution in [3.05, 3.63) is 21.3 Å². The molecule has 1 nitrogen and oxygen atoms in total. The van der Waals surface area contributed by atoms with Gasteiger partial charge in [-0.25, -0.2) is 0 Å². The van der Waals surface area contributed by atoms with E-state index in [-0.39, 0.29) is 0 Å². The minimum absolute atomic E-state index is 0.336. The zero-order valence-corrected chi connectivity index (χ0v) is 10.7. The summed E-state index contributed by atoms with van der Waals surface area (Å²) in [6.45, 7) is 2.28. The summed E-state index contributed by atoms with van der Waals surface area (Å²) in [6.07, 6.45) is 4.99. The lowest BCUT2D eigenvalue weighted by atomic mass is 9.77. The van der Waals surface area contributed by atoms with Crippen LogP contribution in [0.4, 0.5) is 0 Å². The Morgan fingerprint density at radius 2 is 2.27 bits per heavy atom. The standard InChI is InChI=1S/C12H18ClNS/c1-2-8-3-4-10(14)9(7-8)11-5-6-12(13)15-11/h5-6,8-10H,2-4,7,14H2,1H3. The van der Waals surface area contributed by atoms with Gasteiger partial charge in [-0.1, -0.05) is 24.9 Å². The summed E-state index contributed by atoms with van der Waals surface area (Å²) >= 11 is 7.67. The Bertz CT molecular complexity index is 323. The number of rotatable bonds is 2. The van der Waals surface area contributed by atoms with E-state index >= 15 is 0 Å². The van der Waals surface area contributed by atoms with E-state index in [0.29, 0.717) is 12.0 Å². The quantitative estimate of drug-likeness (QED) is 0.834. The van der Waals surface area contributed by atoms with E-state index in [1.165, 1.54) is 30.6 Å². The van der Waals surface area contributed by atoms with Crippen LogP contribution in [0.1, 0.15) is 43.4 Å². The van der Waals surface area contributed by atoms with Crippen molar-refractivity contribution in [2.75, 3.05) is 0 Å². The summed E-state index contributed by atoms with van der Waals surface area (Å²) in [4.78, 5) is 1.38. The van der Waals surface area contributed by atoms with Gasteiger partial charge in [-0.15, -0.1) is 11.3 Å². The molecule has 0 amide bonds. The molecule has 15 heavy (non-hydrogen) atoms. The molecule has 3 heteroatoms. The zero-order chi connectivity index (χ0) is 10.8. The SMILES string of the molecule is CCC1CCC(N)C(c2ccc(Cl)s2)C1. The predicted molar refractivity (Wildman–Crippen MR) is 67.7 cm³/mol. The maximum atomic E-state index is 6.20. The van der Waals surface area contributed by atoms with Gasteiger partial charge in [0.1, 0.15) is 0 Å². The summed E-state index contributed by atoms with van der Waals surface area (Å²) in [6, 6.07) is 4.47. The molecule has 1 aromatic rings. The van der Waals surface area contributed by atoms with Crippen molar-refractivity contribution in [2.45, 2.75) is 44.6 Å². The molecule has 0 spiro atoms. The first-order chi connectivity index (χ1) is 7.20. The smallest absolute Gasteiger partial charge is 0.0931 e. The highest BCUT2D eigenvalue weighted by molar-refractivity contribution is 7.16. The third-order valence-electron chi connectivity index (χ3n) is 3.55. The summed E-state index contributed by atoms with van der Waals surface area (Å²) in [7, 11) is 0. The minimum Gasteiger partial charge on any atom is -0.327 e. The molecule has 1 fully saturated rings. The van der Waals surface area contributed by atoms with Gasteiger partial charge in [-0.2, -0.15) is 0 Å². The predicted octanol–water partition coefficient (Wildman–Crippen LogP) is 4.02. The molecule has 3 atom stereocenters. The van der Waals surface area contributed by atoms with Gasteiger partial charge in [0.15, 0.2) is 0 Å². The molecule has 0 bridgehead atoms. The van der Waals surface area contributed by atoms with Crippen LogP contribution < -0.4 is 5.73 Å². The van der Waals surface area contributed by atoms with Gasteiger partial charge < -0.3 is 5.73 Å². The van der Waals surface area contributed by atoms with Gasteiger partial charge in [0, 0.05) is 16.8 Å². The van der Waals surface area contributed by atoms with Gasteiger partial charge in [0.05, 0.1) is 4.34 Å². The number of nitrogens with two attached hydrogens (primary N) is 1. The second-order valence-corrected chi connectivity index (χ2v) is 6.25. The first-order valence-electron chi connectivity index (χ1n) is 5.71. The summed E-state index contributed by atoms with van der Waals surface area (Å²) < 4.78 is 0.885. The molecule has 0 aliphatic heterocycles. The maximum absolute atomic E-state index is 6.20. The first-order valence-corrected chi connectivity index (χ1v) is 6.91. The Labute approximate surface area is 101 Å². The highest BCUT2D eigenvalue weighted by Crippen LogP contribution is 2.40. The molecule has 1 aliphatic rings. The molecular weight excluding hydrogens is 226 g/mol. The highest BCUT2D eigenvalue weighted by Gasteiger charge is 2.29. The van der Waals surface area contributed by atoms with Gasteiger partial charge in [0.2, 0.25) is 0 Å². The van der Waals surface area contributed by atoms with Crippen LogP contribution in [-0.4, -0.2) is 6.04 Å². The van der Waals surface area contributed by atoms with Crippen molar-refractivity contribution in [3.8, 4) is 0 Å². The molecule has 0 radical (unpaired) electrons. The van der Waals surface area contributed by atoms with Gasteiger partial charge in [-0.05, 0) is 37.3 Å². The van der Waals surface area contributed by atoms with Crippen molar-refractivity contribution < 1.29 is 0 Å². The maximum Gasteiger partial charge on any atom is 0.0931 e. The van der Waals surface area contributed by atoms with Crippen molar-refractivity contribution in [1.29, 1.82) is 0 Å². The third-order valence-corrected chi connectivity index (χ3v) is 4.91. The van der Waals surface area contributed by atoms with E-state index in [0.717, 1.165) is 10.3 Å². The Balaban J connectivity index is 2.12. The molecule has 84 valence electrons. The van der Waals surface area contributed by atoms with Crippen LogP contribution in [0.2, 0.25) is 4.34 Å². The second-order valence-electron chi connectivity index (χ2n) is 4.50. The van der Waals surface area contributed by atoms with Crippen LogP contribution in [0.25, 0.3) is 0 Å². The van der Waals surface area contributed by atoms with E-state index in [1.54, 1.807) is 11.3 Å². The Kier molecular flexibility index (Phi) is 3.70. The molecule has 1 aromatic heterocycles. The van der Waals surface area contributed by atoms with Crippen molar-refractivity contribution in [2.24, 2.45) is 11.7 Å². The van der Waals surface area contributed by atoms with E-state index < -0.39 is 0 Å². The fraction of sp³-hybridized carbons (Fsp3) is 0.667. The molecule has 2 rings (SSSR count). The average Bonchev–Trinajstić information content (AvgIpc) is 2.65. The third kappa shape index (κ3) is 2.55. The highest BCUT2D eigenvalue weighted by atomic mass is 35.5. The molecular formula is C12H18ClNS. The average molecular weight is 244 g/mol. The lowest BCUT2D eigenvalue weighted by molar-refractivity contribution is 0.285. The molecule has 0 saturated heterocycles. The van der Waals surface area contributed by atoms with Crippen LogP contribution in [0, 0.1) is 5.92 Å². The summed E-state index contributed by atoms with van der Waals surface area (Å²) in [5.41, 5.74) is 6.20. The normalized spacial score (nSPS) is 31.8. The minimum atomic E-state index is 0.336. The summed E-state index contributed by atoms with van der Waals surface area (Å²) in [5.74, 6) is 1.40. The van der Waals surface area contributed by atoms with Gasteiger partial charge in [0.25, 0.3) is 0 Å². The molecule has 2 N–H and O–H groups in total. The zero-order valence-electron chi connectivity index (χ0n) is 9.08. The van der Waals surface area contributed by atoms with E-state index in [9.17, 15) is 0 Å². The largest absolute Gasteiger partial charge is 0.327 e. The number of hydrogen-bond donors (Lipinski definition) is 1. The Morgan fingerprint density at radius 3 is 2.87 bits per heavy atom. The molecule has 1 aliphatic carbocycles. The van der Waals surface area contributed by atoms with Crippen LogP contribution in [-0.2, 0) is 0 Å². The summed E-state index contributed by atoms with van der Waals surface area (Å²) in [5, 5.41) is 0. The molecule has 1 saturated carbocycles. The van der Waals surface area contributed by atoms with E-state index in [2.05, 4.69) is 13.0 Å². The van der Waals surface area contributed by atoms with Crippen LogP contribution in [0.5, 0.6) is 0 Å². The lowest BCUT2D eigenvalue weighted by Gasteiger charge is -2.33. The Morgan fingerprint density at radius 1 is 1.47 bits per heavy atom. The number of thiophene rings is 1. The topological polar surface area (TPSA) is 26.0 Å². The van der Waals surface area contributed by atoms with E-state index in [1.807, 2.05) is 6.07 Å². The monoisotopic (exact) mass is 243 g/mol. The van der Waals surface area contributed by atoms with Gasteiger partial charge >= 0.3 is 0 Å². The van der Waals surface area contributed by atoms with E-state index in [4.69, 9.17) is 17.3 Å². The number of halogens is 1. The molecule has 3 unspecified atom stereocenters. The van der Waals surface area contributed by atoms with Gasteiger partial charge in [-0.3, -0.25) is 0 Å². The van der Waals surface area contributed by atoms with Crippen molar-refractivity contribution in [3.63, 3.8) is 0 Å². The first kappa shape index (κ1) is 11.4. The molecule has 0 aromatic carbocycles. The number of hydrogen-bond acceptors (Lipinski definition) is 2. The lowest BCUT2D eigenvalue weighted by Crippen LogP contribution is -2.34.